The number of nitrogens with one attached hydrogen (secondary N) is 3. The molecule has 1 aromatic heterocycles. The molecule has 1 amide bonds. The summed E-state index contributed by atoms with van der Waals surface area (Å²) in [5.41, 5.74) is 2.47. The second kappa shape index (κ2) is 8.87. The van der Waals surface area contributed by atoms with E-state index in [2.05, 4.69) is 15.6 Å². The summed E-state index contributed by atoms with van der Waals surface area (Å²) in [6, 6.07) is 16.6. The summed E-state index contributed by atoms with van der Waals surface area (Å²) in [5, 5.41) is 14.8. The fourth-order valence-electron chi connectivity index (χ4n) is 2.64. The van der Waals surface area contributed by atoms with E-state index in [0.29, 0.717) is 28.6 Å². The minimum Gasteiger partial charge on any atom is -0.365 e. The molecule has 0 aliphatic carbocycles. The van der Waals surface area contributed by atoms with Crippen molar-refractivity contribution in [3.05, 3.63) is 87.5 Å². The SMILES string of the molecule is CC(=N)c1c(NCc2ccccc2)ncc(C(=O)Nc2ccc(Cl)cc2)c1Cl. The van der Waals surface area contributed by atoms with E-state index in [1.807, 2.05) is 30.3 Å². The van der Waals surface area contributed by atoms with Crippen molar-refractivity contribution >= 4 is 46.3 Å². The Bertz CT molecular complexity index is 1000. The zero-order valence-electron chi connectivity index (χ0n) is 15.1. The van der Waals surface area contributed by atoms with Crippen molar-refractivity contribution < 1.29 is 4.79 Å². The number of rotatable bonds is 6. The van der Waals surface area contributed by atoms with Crippen molar-refractivity contribution in [3.63, 3.8) is 0 Å². The topological polar surface area (TPSA) is 77.9 Å². The fourth-order valence-corrected chi connectivity index (χ4v) is 3.13. The molecule has 7 heteroatoms. The number of amides is 1. The Labute approximate surface area is 173 Å². The van der Waals surface area contributed by atoms with Crippen molar-refractivity contribution in [2.75, 3.05) is 10.6 Å². The fraction of sp³-hybridized carbons (Fsp3) is 0.0952. The Morgan fingerprint density at radius 1 is 1.07 bits per heavy atom. The van der Waals surface area contributed by atoms with Crippen LogP contribution in [0, 0.1) is 5.41 Å². The normalized spacial score (nSPS) is 10.4. The first-order valence-electron chi connectivity index (χ1n) is 8.54. The van der Waals surface area contributed by atoms with Gasteiger partial charge in [0.15, 0.2) is 0 Å². The maximum absolute atomic E-state index is 12.6. The molecule has 0 spiro atoms. The summed E-state index contributed by atoms with van der Waals surface area (Å²) >= 11 is 12.3. The van der Waals surface area contributed by atoms with E-state index in [-0.39, 0.29) is 16.3 Å². The molecule has 0 unspecified atom stereocenters. The van der Waals surface area contributed by atoms with Gasteiger partial charge in [0.2, 0.25) is 0 Å². The lowest BCUT2D eigenvalue weighted by Crippen LogP contribution is -2.16. The third kappa shape index (κ3) is 4.68. The van der Waals surface area contributed by atoms with E-state index in [1.165, 1.54) is 6.20 Å². The number of halogens is 2. The zero-order chi connectivity index (χ0) is 20.1. The van der Waals surface area contributed by atoms with Gasteiger partial charge in [-0.05, 0) is 36.8 Å². The highest BCUT2D eigenvalue weighted by Gasteiger charge is 2.19. The van der Waals surface area contributed by atoms with Gasteiger partial charge in [-0.2, -0.15) is 0 Å². The van der Waals surface area contributed by atoms with Crippen LogP contribution in [0.1, 0.15) is 28.4 Å². The van der Waals surface area contributed by atoms with Crippen LogP contribution in [0.3, 0.4) is 0 Å². The molecule has 0 aliphatic rings. The van der Waals surface area contributed by atoms with Crippen molar-refractivity contribution in [3.8, 4) is 0 Å². The third-order valence-corrected chi connectivity index (χ3v) is 4.68. The van der Waals surface area contributed by atoms with E-state index in [0.717, 1.165) is 5.56 Å². The maximum Gasteiger partial charge on any atom is 0.258 e. The molecular formula is C21H18Cl2N4O. The van der Waals surface area contributed by atoms with Crippen LogP contribution in [0.15, 0.2) is 60.8 Å². The van der Waals surface area contributed by atoms with Gasteiger partial charge < -0.3 is 16.0 Å². The Morgan fingerprint density at radius 3 is 2.39 bits per heavy atom. The number of nitrogens with zero attached hydrogens (tertiary/aromatic N) is 1. The van der Waals surface area contributed by atoms with Gasteiger partial charge in [-0.25, -0.2) is 4.98 Å². The van der Waals surface area contributed by atoms with Crippen LogP contribution in [0.25, 0.3) is 0 Å². The molecule has 142 valence electrons. The second-order valence-electron chi connectivity index (χ2n) is 6.13. The molecule has 3 aromatic rings. The standard InChI is InChI=1S/C21H18Cl2N4O/c1-13(24)18-19(23)17(21(28)27-16-9-7-15(22)8-10-16)12-26-20(18)25-11-14-5-3-2-4-6-14/h2-10,12,24H,11H2,1H3,(H,25,26)(H,27,28). The highest BCUT2D eigenvalue weighted by molar-refractivity contribution is 6.38. The van der Waals surface area contributed by atoms with Crippen LogP contribution in [-0.4, -0.2) is 16.6 Å². The van der Waals surface area contributed by atoms with E-state index in [4.69, 9.17) is 28.6 Å². The molecule has 1 heterocycles. The summed E-state index contributed by atoms with van der Waals surface area (Å²) < 4.78 is 0. The molecule has 2 aromatic carbocycles. The molecular weight excluding hydrogens is 395 g/mol. The Hall–Kier alpha value is -2.89. The smallest absolute Gasteiger partial charge is 0.258 e. The van der Waals surface area contributed by atoms with E-state index >= 15 is 0 Å². The summed E-state index contributed by atoms with van der Waals surface area (Å²) in [4.78, 5) is 17.0. The zero-order valence-corrected chi connectivity index (χ0v) is 16.6. The maximum atomic E-state index is 12.6. The largest absolute Gasteiger partial charge is 0.365 e. The average Bonchev–Trinajstić information content (AvgIpc) is 2.68. The van der Waals surface area contributed by atoms with Gasteiger partial charge in [0.25, 0.3) is 5.91 Å². The van der Waals surface area contributed by atoms with Crippen molar-refractivity contribution in [1.82, 2.24) is 4.98 Å². The first kappa shape index (κ1) is 19.9. The van der Waals surface area contributed by atoms with Gasteiger partial charge in [0, 0.05) is 29.2 Å². The van der Waals surface area contributed by atoms with Crippen LogP contribution >= 0.6 is 23.2 Å². The first-order chi connectivity index (χ1) is 13.5. The Kier molecular flexibility index (Phi) is 6.29. The monoisotopic (exact) mass is 412 g/mol. The number of carbonyl (C=O) groups is 1. The minimum atomic E-state index is -0.406. The molecule has 0 fully saturated rings. The molecule has 0 aliphatic heterocycles. The molecule has 28 heavy (non-hydrogen) atoms. The molecule has 0 bridgehead atoms. The van der Waals surface area contributed by atoms with E-state index in [9.17, 15) is 4.79 Å². The van der Waals surface area contributed by atoms with Gasteiger partial charge in [0.05, 0.1) is 16.1 Å². The van der Waals surface area contributed by atoms with Crippen molar-refractivity contribution in [2.45, 2.75) is 13.5 Å². The van der Waals surface area contributed by atoms with Gasteiger partial charge in [-0.3, -0.25) is 4.79 Å². The number of pyridine rings is 1. The summed E-state index contributed by atoms with van der Waals surface area (Å²) in [5.74, 6) is 0.0568. The lowest BCUT2D eigenvalue weighted by molar-refractivity contribution is 0.102. The Balaban J connectivity index is 1.85. The predicted octanol–water partition coefficient (Wildman–Crippen LogP) is 5.64. The lowest BCUT2D eigenvalue weighted by atomic mass is 10.1. The lowest BCUT2D eigenvalue weighted by Gasteiger charge is -2.15. The summed E-state index contributed by atoms with van der Waals surface area (Å²) in [6.07, 6.45) is 1.41. The van der Waals surface area contributed by atoms with Gasteiger partial charge in [-0.1, -0.05) is 53.5 Å². The highest BCUT2D eigenvalue weighted by Crippen LogP contribution is 2.28. The average molecular weight is 413 g/mol. The molecule has 3 rings (SSSR count). The van der Waals surface area contributed by atoms with Gasteiger partial charge in [-0.15, -0.1) is 0 Å². The van der Waals surface area contributed by atoms with Crippen LogP contribution < -0.4 is 10.6 Å². The number of benzene rings is 2. The number of anilines is 2. The third-order valence-electron chi connectivity index (χ3n) is 4.04. The van der Waals surface area contributed by atoms with Crippen LogP contribution in [0.4, 0.5) is 11.5 Å². The van der Waals surface area contributed by atoms with Crippen LogP contribution in [0.5, 0.6) is 0 Å². The number of hydrogen-bond acceptors (Lipinski definition) is 4. The molecule has 3 N–H and O–H groups in total. The van der Waals surface area contributed by atoms with Gasteiger partial charge in [0.1, 0.15) is 5.82 Å². The summed E-state index contributed by atoms with van der Waals surface area (Å²) in [7, 11) is 0. The number of hydrogen-bond donors (Lipinski definition) is 3. The van der Waals surface area contributed by atoms with E-state index < -0.39 is 5.91 Å². The van der Waals surface area contributed by atoms with Crippen molar-refractivity contribution in [1.29, 1.82) is 5.41 Å². The van der Waals surface area contributed by atoms with E-state index in [1.54, 1.807) is 31.2 Å². The second-order valence-corrected chi connectivity index (χ2v) is 6.95. The van der Waals surface area contributed by atoms with Crippen LogP contribution in [0.2, 0.25) is 10.0 Å². The predicted molar refractivity (Wildman–Crippen MR) is 115 cm³/mol. The quantitative estimate of drug-likeness (QED) is 0.458. The van der Waals surface area contributed by atoms with Crippen molar-refractivity contribution in [2.24, 2.45) is 0 Å². The molecule has 5 nitrogen and oxygen atoms in total. The molecule has 0 saturated heterocycles. The first-order valence-corrected chi connectivity index (χ1v) is 9.30. The molecule has 0 radical (unpaired) electrons. The number of carbonyl (C=O) groups excluding carboxylic acids is 1. The Morgan fingerprint density at radius 2 is 1.75 bits per heavy atom. The molecule has 0 atom stereocenters. The molecule has 0 saturated carbocycles. The van der Waals surface area contributed by atoms with Crippen LogP contribution in [-0.2, 0) is 6.54 Å². The number of aromatic nitrogens is 1. The summed E-state index contributed by atoms with van der Waals surface area (Å²) in [6.45, 7) is 2.14. The van der Waals surface area contributed by atoms with Gasteiger partial charge >= 0.3 is 0 Å². The minimum absolute atomic E-state index is 0.185. The highest BCUT2D eigenvalue weighted by atomic mass is 35.5.